The number of aryl methyl sites for hydroxylation is 1. The van der Waals surface area contributed by atoms with Crippen LogP contribution in [-0.2, 0) is 22.6 Å². The van der Waals surface area contributed by atoms with Gasteiger partial charge < -0.3 is 20.3 Å². The third-order valence-electron chi connectivity index (χ3n) is 6.34. The summed E-state index contributed by atoms with van der Waals surface area (Å²) in [6.07, 6.45) is -0.909. The van der Waals surface area contributed by atoms with Crippen molar-refractivity contribution in [2.45, 2.75) is 48.8 Å². The van der Waals surface area contributed by atoms with Gasteiger partial charge in [-0.2, -0.15) is 0 Å². The van der Waals surface area contributed by atoms with Gasteiger partial charge >= 0.3 is 0 Å². The molecular weight excluding hydrogens is 490 g/mol. The van der Waals surface area contributed by atoms with E-state index in [1.807, 2.05) is 61.5 Å². The van der Waals surface area contributed by atoms with E-state index in [-0.39, 0.29) is 24.7 Å². The summed E-state index contributed by atoms with van der Waals surface area (Å²) < 4.78 is 14.3. The predicted octanol–water partition coefficient (Wildman–Crippen LogP) is 5.53. The van der Waals surface area contributed by atoms with Crippen LogP contribution in [0, 0.1) is 6.92 Å². The van der Waals surface area contributed by atoms with Crippen molar-refractivity contribution in [2.24, 2.45) is 5.73 Å². The Kier molecular flexibility index (Phi) is 8.11. The molecule has 36 heavy (non-hydrogen) atoms. The molecule has 1 aliphatic heterocycles. The van der Waals surface area contributed by atoms with Crippen molar-refractivity contribution in [3.8, 4) is 0 Å². The highest BCUT2D eigenvalue weighted by Crippen LogP contribution is 2.48. The average Bonchev–Trinajstić information content (AvgIpc) is 3.37. The molecule has 0 aliphatic carbocycles. The van der Waals surface area contributed by atoms with E-state index in [1.165, 1.54) is 0 Å². The molecule has 3 N–H and O–H groups in total. The first-order valence-corrected chi connectivity index (χ1v) is 13.7. The zero-order valence-corrected chi connectivity index (χ0v) is 21.6. The molecule has 3 aromatic carbocycles. The number of aromatic nitrogens is 2. The number of hydrogen-bond donors (Lipinski definition) is 2. The lowest BCUT2D eigenvalue weighted by Crippen LogP contribution is -2.38. The van der Waals surface area contributed by atoms with E-state index in [0.29, 0.717) is 12.3 Å². The van der Waals surface area contributed by atoms with Gasteiger partial charge in [0.1, 0.15) is 5.01 Å². The summed E-state index contributed by atoms with van der Waals surface area (Å²) in [5, 5.41) is 19.0. The van der Waals surface area contributed by atoms with Gasteiger partial charge in [-0.25, -0.2) is 0 Å². The third-order valence-corrected chi connectivity index (χ3v) is 8.40. The molecular formula is C28H29N3O3S2. The average molecular weight is 520 g/mol. The first kappa shape index (κ1) is 25.1. The van der Waals surface area contributed by atoms with E-state index in [0.717, 1.165) is 37.2 Å². The molecule has 0 saturated carbocycles. The van der Waals surface area contributed by atoms with E-state index in [4.69, 9.17) is 15.2 Å². The Balaban J connectivity index is 1.52. The van der Waals surface area contributed by atoms with Gasteiger partial charge in [-0.15, -0.1) is 10.2 Å². The van der Waals surface area contributed by atoms with Gasteiger partial charge in [-0.05, 0) is 29.2 Å². The summed E-state index contributed by atoms with van der Waals surface area (Å²) in [7, 11) is 0. The standard InChI is InChI=1S/C28H29N3O3S2/c1-18-30-31-28(36-18)35-17-24-25(21-5-3-2-4-6-21)26(22-11-9-20(16-32)10-12-22)34-27(33-24)23-13-7-19(15-29)8-14-23/h2-14,24-27,32H,15-17,29H2,1H3/t24-,25-,26+,27?/m1/s1. The molecule has 0 radical (unpaired) electrons. The number of thioether (sulfide) groups is 1. The maximum absolute atomic E-state index is 9.55. The highest BCUT2D eigenvalue weighted by molar-refractivity contribution is 8.01. The second-order valence-electron chi connectivity index (χ2n) is 8.74. The van der Waals surface area contributed by atoms with Crippen LogP contribution in [0.15, 0.2) is 83.2 Å². The van der Waals surface area contributed by atoms with Crippen molar-refractivity contribution in [1.29, 1.82) is 0 Å². The number of benzene rings is 3. The maximum atomic E-state index is 9.55. The molecule has 2 heterocycles. The van der Waals surface area contributed by atoms with Crippen LogP contribution >= 0.6 is 23.1 Å². The van der Waals surface area contributed by atoms with Gasteiger partial charge in [0.2, 0.25) is 0 Å². The maximum Gasteiger partial charge on any atom is 0.184 e. The molecule has 1 aromatic heterocycles. The Morgan fingerprint density at radius 2 is 1.56 bits per heavy atom. The van der Waals surface area contributed by atoms with Crippen LogP contribution in [-0.4, -0.2) is 27.2 Å². The van der Waals surface area contributed by atoms with Gasteiger partial charge in [0.15, 0.2) is 10.6 Å². The van der Waals surface area contributed by atoms with E-state index < -0.39 is 6.29 Å². The van der Waals surface area contributed by atoms with Crippen molar-refractivity contribution in [3.05, 3.63) is 112 Å². The van der Waals surface area contributed by atoms with E-state index >= 15 is 0 Å². The second kappa shape index (κ2) is 11.6. The van der Waals surface area contributed by atoms with Crippen LogP contribution in [0.25, 0.3) is 0 Å². The molecule has 1 saturated heterocycles. The van der Waals surface area contributed by atoms with Crippen molar-refractivity contribution in [3.63, 3.8) is 0 Å². The van der Waals surface area contributed by atoms with Crippen molar-refractivity contribution < 1.29 is 14.6 Å². The molecule has 1 unspecified atom stereocenters. The molecule has 4 aromatic rings. The van der Waals surface area contributed by atoms with Crippen LogP contribution in [0.3, 0.4) is 0 Å². The number of aliphatic hydroxyl groups excluding tert-OH is 1. The van der Waals surface area contributed by atoms with Gasteiger partial charge in [0, 0.05) is 23.8 Å². The highest BCUT2D eigenvalue weighted by atomic mass is 32.2. The predicted molar refractivity (Wildman–Crippen MR) is 143 cm³/mol. The first-order chi connectivity index (χ1) is 17.6. The lowest BCUT2D eigenvalue weighted by molar-refractivity contribution is -0.255. The van der Waals surface area contributed by atoms with Crippen LogP contribution in [0.1, 0.15) is 51.1 Å². The Labute approximate surface area is 219 Å². The van der Waals surface area contributed by atoms with Crippen molar-refractivity contribution >= 4 is 23.1 Å². The Morgan fingerprint density at radius 3 is 2.19 bits per heavy atom. The van der Waals surface area contributed by atoms with Crippen molar-refractivity contribution in [2.75, 3.05) is 5.75 Å². The number of nitrogens with zero attached hydrogens (tertiary/aromatic N) is 2. The van der Waals surface area contributed by atoms with Crippen LogP contribution in [0.4, 0.5) is 0 Å². The molecule has 0 spiro atoms. The monoisotopic (exact) mass is 519 g/mol. The largest absolute Gasteiger partial charge is 0.392 e. The fourth-order valence-corrected chi connectivity index (χ4v) is 6.36. The number of ether oxygens (including phenoxy) is 2. The first-order valence-electron chi connectivity index (χ1n) is 11.9. The summed E-state index contributed by atoms with van der Waals surface area (Å²) >= 11 is 3.26. The zero-order valence-electron chi connectivity index (χ0n) is 20.0. The highest BCUT2D eigenvalue weighted by Gasteiger charge is 2.42. The third kappa shape index (κ3) is 5.70. The Hall–Kier alpha value is -2.59. The molecule has 8 heteroatoms. The molecule has 1 aliphatic rings. The summed E-state index contributed by atoms with van der Waals surface area (Å²) in [5.41, 5.74) is 10.9. The van der Waals surface area contributed by atoms with Crippen molar-refractivity contribution in [1.82, 2.24) is 10.2 Å². The minimum absolute atomic E-state index is 0.00762. The second-order valence-corrected chi connectivity index (χ2v) is 11.2. The fraction of sp³-hybridized carbons (Fsp3) is 0.286. The summed E-state index contributed by atoms with van der Waals surface area (Å²) in [4.78, 5) is 0. The van der Waals surface area contributed by atoms with E-state index in [1.54, 1.807) is 23.1 Å². The molecule has 6 nitrogen and oxygen atoms in total. The molecule has 5 rings (SSSR count). The molecule has 0 bridgehead atoms. The summed E-state index contributed by atoms with van der Waals surface area (Å²) in [6, 6.07) is 26.5. The van der Waals surface area contributed by atoms with Gasteiger partial charge in [0.25, 0.3) is 0 Å². The SMILES string of the molecule is Cc1nnc(SC[C@H]2OC(c3ccc(CN)cc3)O[C@@H](c3ccc(CO)cc3)[C@@H]2c2ccccc2)s1. The van der Waals surface area contributed by atoms with E-state index in [9.17, 15) is 5.11 Å². The molecule has 1 fully saturated rings. The Morgan fingerprint density at radius 1 is 0.861 bits per heavy atom. The van der Waals surface area contributed by atoms with Crippen LogP contribution < -0.4 is 5.73 Å². The van der Waals surface area contributed by atoms with Crippen LogP contribution in [0.2, 0.25) is 0 Å². The number of rotatable bonds is 8. The van der Waals surface area contributed by atoms with Gasteiger partial charge in [-0.3, -0.25) is 0 Å². The van der Waals surface area contributed by atoms with Gasteiger partial charge in [-0.1, -0.05) is 102 Å². The van der Waals surface area contributed by atoms with Crippen LogP contribution in [0.5, 0.6) is 0 Å². The smallest absolute Gasteiger partial charge is 0.184 e. The topological polar surface area (TPSA) is 90.5 Å². The Bertz CT molecular complexity index is 1250. The lowest BCUT2D eigenvalue weighted by atomic mass is 9.84. The summed E-state index contributed by atoms with van der Waals surface area (Å²) in [5.74, 6) is 0.674. The number of hydrogen-bond acceptors (Lipinski definition) is 8. The number of aliphatic hydroxyl groups is 1. The van der Waals surface area contributed by atoms with Gasteiger partial charge in [0.05, 0.1) is 18.8 Å². The fourth-order valence-electron chi connectivity index (χ4n) is 4.45. The number of nitrogens with two attached hydrogens (primary N) is 1. The minimum atomic E-state index is -0.527. The lowest BCUT2D eigenvalue weighted by Gasteiger charge is -2.43. The zero-order chi connectivity index (χ0) is 24.9. The normalized spacial score (nSPS) is 22.0. The molecule has 186 valence electrons. The minimum Gasteiger partial charge on any atom is -0.392 e. The summed E-state index contributed by atoms with van der Waals surface area (Å²) in [6.45, 7) is 2.46. The van der Waals surface area contributed by atoms with E-state index in [2.05, 4.69) is 34.5 Å². The quantitative estimate of drug-likeness (QED) is 0.296. The molecule has 4 atom stereocenters. The molecule has 0 amide bonds.